The van der Waals surface area contributed by atoms with Crippen LogP contribution in [0.15, 0.2) is 48.5 Å². The summed E-state index contributed by atoms with van der Waals surface area (Å²) in [5, 5.41) is 0. The van der Waals surface area contributed by atoms with Gasteiger partial charge in [-0.05, 0) is 69.5 Å². The summed E-state index contributed by atoms with van der Waals surface area (Å²) < 4.78 is 6.54. The molecule has 0 unspecified atom stereocenters. The maximum absolute atomic E-state index is 6.54. The first-order valence-electron chi connectivity index (χ1n) is 8.73. The molecule has 0 N–H and O–H groups in total. The number of hydrogen-bond acceptors (Lipinski definition) is 2. The van der Waals surface area contributed by atoms with Crippen molar-refractivity contribution in [2.75, 3.05) is 13.1 Å². The lowest BCUT2D eigenvalue weighted by molar-refractivity contribution is 0.0184. The van der Waals surface area contributed by atoms with E-state index >= 15 is 0 Å². The second-order valence-electron chi connectivity index (χ2n) is 7.24. The minimum Gasteiger partial charge on any atom is -0.484 e. The summed E-state index contributed by atoms with van der Waals surface area (Å²) in [6.45, 7) is 6.89. The minimum atomic E-state index is 0.0606. The molecule has 1 aliphatic carbocycles. The van der Waals surface area contributed by atoms with E-state index in [4.69, 9.17) is 4.74 Å². The van der Waals surface area contributed by atoms with Crippen LogP contribution in [0.1, 0.15) is 42.6 Å². The van der Waals surface area contributed by atoms with E-state index in [1.54, 1.807) is 0 Å². The lowest BCUT2D eigenvalue weighted by Gasteiger charge is -2.40. The Morgan fingerprint density at radius 2 is 1.70 bits per heavy atom. The molecule has 1 saturated heterocycles. The summed E-state index contributed by atoms with van der Waals surface area (Å²) in [7, 11) is 0. The average molecular weight is 307 g/mol. The lowest BCUT2D eigenvalue weighted by atomic mass is 9.93. The molecule has 2 nitrogen and oxygen atoms in total. The van der Waals surface area contributed by atoms with Crippen LogP contribution < -0.4 is 4.74 Å². The van der Waals surface area contributed by atoms with Gasteiger partial charge in [-0.3, -0.25) is 4.90 Å². The number of likely N-dealkylation sites (tertiary alicyclic amines) is 1. The van der Waals surface area contributed by atoms with Crippen LogP contribution in [0.3, 0.4) is 0 Å². The molecule has 1 aliphatic heterocycles. The highest BCUT2D eigenvalue weighted by Crippen LogP contribution is 2.46. The molecule has 2 aromatic carbocycles. The molecule has 23 heavy (non-hydrogen) atoms. The maximum Gasteiger partial charge on any atom is 0.142 e. The van der Waals surface area contributed by atoms with Crippen molar-refractivity contribution < 1.29 is 4.74 Å². The highest BCUT2D eigenvalue weighted by atomic mass is 16.5. The first kappa shape index (κ1) is 14.8. The largest absolute Gasteiger partial charge is 0.484 e. The Kier molecular flexibility index (Phi) is 3.65. The van der Waals surface area contributed by atoms with E-state index in [9.17, 15) is 0 Å². The van der Waals surface area contributed by atoms with Crippen molar-refractivity contribution >= 4 is 0 Å². The second-order valence-corrected chi connectivity index (χ2v) is 7.24. The standard InChI is InChI=1S/C21H25NO/c1-16-9-11-18(12-10-16)23-20-19-8-4-3-7-17(19)15-21(20,2)22-13-5-6-14-22/h3-4,7-12,20H,5-6,13-15H2,1-2H3/t20-,21-/m1/s1. The Balaban J connectivity index is 1.70. The summed E-state index contributed by atoms with van der Waals surface area (Å²) in [5.41, 5.74) is 4.14. The third kappa shape index (κ3) is 2.55. The Morgan fingerprint density at radius 3 is 2.43 bits per heavy atom. The van der Waals surface area contributed by atoms with Crippen LogP contribution >= 0.6 is 0 Å². The SMILES string of the molecule is Cc1ccc(O[C@@H]2c3ccccc3C[C@@]2(C)N2CCCC2)cc1. The first-order valence-corrected chi connectivity index (χ1v) is 8.73. The quantitative estimate of drug-likeness (QED) is 0.826. The monoisotopic (exact) mass is 307 g/mol. The van der Waals surface area contributed by atoms with Gasteiger partial charge in [-0.25, -0.2) is 0 Å². The number of ether oxygens (including phenoxy) is 1. The Labute approximate surface area is 139 Å². The van der Waals surface area contributed by atoms with Gasteiger partial charge in [-0.15, -0.1) is 0 Å². The van der Waals surface area contributed by atoms with Crippen molar-refractivity contribution in [2.24, 2.45) is 0 Å². The summed E-state index contributed by atoms with van der Waals surface area (Å²) >= 11 is 0. The number of hydrogen-bond donors (Lipinski definition) is 0. The van der Waals surface area contributed by atoms with Gasteiger partial charge < -0.3 is 4.74 Å². The number of rotatable bonds is 3. The molecule has 0 radical (unpaired) electrons. The van der Waals surface area contributed by atoms with E-state index in [0.29, 0.717) is 0 Å². The van der Waals surface area contributed by atoms with Crippen LogP contribution in [0.2, 0.25) is 0 Å². The highest BCUT2D eigenvalue weighted by Gasteiger charge is 2.48. The third-order valence-electron chi connectivity index (χ3n) is 5.55. The molecular weight excluding hydrogens is 282 g/mol. The first-order chi connectivity index (χ1) is 11.2. The van der Waals surface area contributed by atoms with Crippen molar-refractivity contribution in [1.82, 2.24) is 4.90 Å². The van der Waals surface area contributed by atoms with Gasteiger partial charge in [0.15, 0.2) is 0 Å². The number of benzene rings is 2. The molecular formula is C21H25NO. The molecule has 0 aromatic heterocycles. The fraction of sp³-hybridized carbons (Fsp3) is 0.429. The van der Waals surface area contributed by atoms with E-state index in [0.717, 1.165) is 12.2 Å². The molecule has 2 aromatic rings. The van der Waals surface area contributed by atoms with Gasteiger partial charge in [-0.2, -0.15) is 0 Å². The van der Waals surface area contributed by atoms with Gasteiger partial charge >= 0.3 is 0 Å². The summed E-state index contributed by atoms with van der Waals surface area (Å²) in [6, 6.07) is 17.3. The van der Waals surface area contributed by atoms with E-state index in [1.807, 2.05) is 0 Å². The van der Waals surface area contributed by atoms with Gasteiger partial charge in [0.2, 0.25) is 0 Å². The summed E-state index contributed by atoms with van der Waals surface area (Å²) in [6.07, 6.45) is 3.81. The highest BCUT2D eigenvalue weighted by molar-refractivity contribution is 5.40. The van der Waals surface area contributed by atoms with Gasteiger partial charge in [0, 0.05) is 0 Å². The second kappa shape index (κ2) is 5.68. The van der Waals surface area contributed by atoms with Crippen molar-refractivity contribution in [2.45, 2.75) is 44.8 Å². The predicted molar refractivity (Wildman–Crippen MR) is 93.9 cm³/mol. The molecule has 0 bridgehead atoms. The summed E-state index contributed by atoms with van der Waals surface area (Å²) in [5.74, 6) is 0.975. The fourth-order valence-corrected chi connectivity index (χ4v) is 4.21. The van der Waals surface area contributed by atoms with Crippen LogP contribution in [0.25, 0.3) is 0 Å². The predicted octanol–water partition coefficient (Wildman–Crippen LogP) is 4.53. The molecule has 4 rings (SSSR count). The molecule has 2 heteroatoms. The fourth-order valence-electron chi connectivity index (χ4n) is 4.21. The zero-order chi connectivity index (χ0) is 15.9. The van der Waals surface area contributed by atoms with E-state index in [1.165, 1.54) is 42.6 Å². The Morgan fingerprint density at radius 1 is 1.00 bits per heavy atom. The smallest absolute Gasteiger partial charge is 0.142 e. The average Bonchev–Trinajstić information content (AvgIpc) is 3.18. The van der Waals surface area contributed by atoms with Crippen molar-refractivity contribution in [3.63, 3.8) is 0 Å². The van der Waals surface area contributed by atoms with Crippen molar-refractivity contribution in [1.29, 1.82) is 0 Å². The summed E-state index contributed by atoms with van der Waals surface area (Å²) in [4.78, 5) is 2.64. The van der Waals surface area contributed by atoms with Gasteiger partial charge in [0.25, 0.3) is 0 Å². The van der Waals surface area contributed by atoms with Crippen molar-refractivity contribution in [3.05, 3.63) is 65.2 Å². The van der Waals surface area contributed by atoms with Crippen LogP contribution in [-0.2, 0) is 6.42 Å². The van der Waals surface area contributed by atoms with Gasteiger partial charge in [-0.1, -0.05) is 42.0 Å². The number of nitrogens with zero attached hydrogens (tertiary/aromatic N) is 1. The van der Waals surface area contributed by atoms with Crippen molar-refractivity contribution in [3.8, 4) is 5.75 Å². The number of fused-ring (bicyclic) bond motifs is 1. The molecule has 120 valence electrons. The van der Waals surface area contributed by atoms with Crippen LogP contribution in [0.4, 0.5) is 0 Å². The zero-order valence-corrected chi connectivity index (χ0v) is 14.1. The van der Waals surface area contributed by atoms with E-state index < -0.39 is 0 Å². The minimum absolute atomic E-state index is 0.0606. The third-order valence-corrected chi connectivity index (χ3v) is 5.55. The zero-order valence-electron chi connectivity index (χ0n) is 14.1. The molecule has 0 amide bonds. The van der Waals surface area contributed by atoms with Crippen LogP contribution in [0.5, 0.6) is 5.75 Å². The van der Waals surface area contributed by atoms with E-state index in [2.05, 4.69) is 67.3 Å². The van der Waals surface area contributed by atoms with Crippen LogP contribution in [-0.4, -0.2) is 23.5 Å². The maximum atomic E-state index is 6.54. The lowest BCUT2D eigenvalue weighted by Crippen LogP contribution is -2.49. The molecule has 2 atom stereocenters. The van der Waals surface area contributed by atoms with Crippen LogP contribution in [0, 0.1) is 6.92 Å². The molecule has 2 aliphatic rings. The molecule has 1 heterocycles. The van der Waals surface area contributed by atoms with E-state index in [-0.39, 0.29) is 11.6 Å². The Hall–Kier alpha value is -1.80. The number of aryl methyl sites for hydroxylation is 1. The Bertz CT molecular complexity index is 687. The molecule has 0 saturated carbocycles. The normalized spacial score (nSPS) is 27.1. The molecule has 1 fully saturated rings. The van der Waals surface area contributed by atoms with Gasteiger partial charge in [0.05, 0.1) is 5.54 Å². The topological polar surface area (TPSA) is 12.5 Å². The molecule has 0 spiro atoms. The van der Waals surface area contributed by atoms with Gasteiger partial charge in [0.1, 0.15) is 11.9 Å².